The highest BCUT2D eigenvalue weighted by Crippen LogP contribution is 2.48. The van der Waals surface area contributed by atoms with Crippen molar-refractivity contribution in [1.29, 1.82) is 0 Å². The zero-order valence-electron chi connectivity index (χ0n) is 12.7. The molecule has 5 heteroatoms. The van der Waals surface area contributed by atoms with Crippen molar-refractivity contribution in [2.45, 2.75) is 40.7 Å². The van der Waals surface area contributed by atoms with Crippen molar-refractivity contribution >= 4 is 39.8 Å². The number of fused-ring (bicyclic) bond motifs is 2. The highest BCUT2D eigenvalue weighted by molar-refractivity contribution is 7.99. The van der Waals surface area contributed by atoms with Crippen LogP contribution >= 0.6 is 11.8 Å². The van der Waals surface area contributed by atoms with Crippen molar-refractivity contribution in [2.24, 2.45) is 0 Å². The van der Waals surface area contributed by atoms with Gasteiger partial charge >= 0.3 is 0 Å². The molecule has 1 aliphatic rings. The number of amides is 1. The third kappa shape index (κ3) is 2.59. The van der Waals surface area contributed by atoms with Gasteiger partial charge in [-0.3, -0.25) is 13.9 Å². The van der Waals surface area contributed by atoms with Crippen molar-refractivity contribution < 1.29 is 9.00 Å². The molecule has 0 saturated carbocycles. The van der Waals surface area contributed by atoms with Gasteiger partial charge < -0.3 is 0 Å². The first kappa shape index (κ1) is 15.3. The second kappa shape index (κ2) is 5.89. The molecule has 2 aromatic carbocycles. The van der Waals surface area contributed by atoms with Gasteiger partial charge in [0.25, 0.3) is 0 Å². The summed E-state index contributed by atoms with van der Waals surface area (Å²) < 4.78 is 12.3. The van der Waals surface area contributed by atoms with Crippen LogP contribution in [0.3, 0.4) is 0 Å². The van der Waals surface area contributed by atoms with Crippen LogP contribution in [0.2, 0.25) is 0 Å². The number of hydrogen-bond donors (Lipinski definition) is 0. The van der Waals surface area contributed by atoms with E-state index in [0.29, 0.717) is 0 Å². The number of carbonyl (C=O) groups is 1. The van der Waals surface area contributed by atoms with E-state index in [2.05, 4.69) is 0 Å². The molecule has 2 aromatic rings. The molecule has 0 bridgehead atoms. The molecule has 0 N–H and O–H groups in total. The summed E-state index contributed by atoms with van der Waals surface area (Å²) in [5.74, 6) is -0.0215. The molecule has 0 spiro atoms. The van der Waals surface area contributed by atoms with Gasteiger partial charge in [-0.1, -0.05) is 37.7 Å². The lowest BCUT2D eigenvalue weighted by molar-refractivity contribution is -0.115. The molecule has 3 nitrogen and oxygen atoms in total. The molecular weight excluding hydrogens is 314 g/mol. The van der Waals surface area contributed by atoms with Crippen LogP contribution in [0.1, 0.15) is 20.8 Å². The molecule has 0 aliphatic carbocycles. The van der Waals surface area contributed by atoms with Gasteiger partial charge in [0.15, 0.2) is 0 Å². The maximum atomic E-state index is 12.3. The number of rotatable bonds is 2. The first-order chi connectivity index (χ1) is 10.5. The van der Waals surface area contributed by atoms with Crippen LogP contribution in [0.5, 0.6) is 0 Å². The molecule has 22 heavy (non-hydrogen) atoms. The topological polar surface area (TPSA) is 37.4 Å². The molecule has 1 atom stereocenters. The highest BCUT2D eigenvalue weighted by atomic mass is 32.2. The van der Waals surface area contributed by atoms with Crippen molar-refractivity contribution in [3.63, 3.8) is 0 Å². The number of anilines is 2. The Bertz CT molecular complexity index is 771. The first-order valence-electron chi connectivity index (χ1n) is 7.11. The lowest BCUT2D eigenvalue weighted by atomic mass is 10.2. The largest absolute Gasteiger partial charge is 0.279 e. The van der Waals surface area contributed by atoms with E-state index in [1.807, 2.05) is 56.3 Å². The van der Waals surface area contributed by atoms with Crippen LogP contribution in [0.4, 0.5) is 11.4 Å². The van der Waals surface area contributed by atoms with Crippen molar-refractivity contribution in [2.75, 3.05) is 4.90 Å². The Kier molecular flexibility index (Phi) is 4.10. The fraction of sp³-hybridized carbons (Fsp3) is 0.235. The Balaban J connectivity index is 2.12. The minimum atomic E-state index is -1.03. The van der Waals surface area contributed by atoms with Gasteiger partial charge in [-0.2, -0.15) is 0 Å². The fourth-order valence-electron chi connectivity index (χ4n) is 2.47. The molecular formula is C17H17NO2S2. The van der Waals surface area contributed by atoms with E-state index in [1.165, 1.54) is 0 Å². The Morgan fingerprint density at radius 3 is 2.45 bits per heavy atom. The molecule has 0 fully saturated rings. The lowest BCUT2D eigenvalue weighted by Gasteiger charge is -2.30. The zero-order chi connectivity index (χ0) is 15.9. The Hall–Kier alpha value is -1.59. The summed E-state index contributed by atoms with van der Waals surface area (Å²) in [4.78, 5) is 16.7. The van der Waals surface area contributed by atoms with Gasteiger partial charge in [0.1, 0.15) is 0 Å². The van der Waals surface area contributed by atoms with Crippen molar-refractivity contribution in [3.8, 4) is 0 Å². The predicted molar refractivity (Wildman–Crippen MR) is 91.4 cm³/mol. The summed E-state index contributed by atoms with van der Waals surface area (Å²) in [6, 6.07) is 13.6. The first-order valence-corrected chi connectivity index (χ1v) is 9.14. The molecule has 1 unspecified atom stereocenters. The second-order valence-electron chi connectivity index (χ2n) is 5.40. The monoisotopic (exact) mass is 331 g/mol. The number of para-hydroxylation sites is 1. The Morgan fingerprint density at radius 2 is 1.77 bits per heavy atom. The van der Waals surface area contributed by atoms with E-state index in [-0.39, 0.29) is 11.2 Å². The van der Waals surface area contributed by atoms with Crippen LogP contribution in [0.15, 0.2) is 57.2 Å². The lowest BCUT2D eigenvalue weighted by Crippen LogP contribution is -2.25. The maximum absolute atomic E-state index is 12.3. The van der Waals surface area contributed by atoms with Crippen molar-refractivity contribution in [1.82, 2.24) is 0 Å². The molecule has 114 valence electrons. The van der Waals surface area contributed by atoms with Crippen LogP contribution in [-0.2, 0) is 15.6 Å². The molecule has 1 aliphatic heterocycles. The maximum Gasteiger partial charge on any atom is 0.228 e. The number of hydrogen-bond acceptors (Lipinski definition) is 3. The Labute approximate surface area is 137 Å². The van der Waals surface area contributed by atoms with Gasteiger partial charge in [0.05, 0.1) is 22.2 Å². The van der Waals surface area contributed by atoms with Crippen LogP contribution in [0, 0.1) is 0 Å². The average molecular weight is 331 g/mol. The predicted octanol–water partition coefficient (Wildman–Crippen LogP) is 4.35. The van der Waals surface area contributed by atoms with Crippen LogP contribution in [-0.4, -0.2) is 15.4 Å². The van der Waals surface area contributed by atoms with Gasteiger partial charge in [0.2, 0.25) is 5.91 Å². The molecule has 0 aromatic heterocycles. The SMILES string of the molecule is CC(=O)N1c2ccccc2Sc2cc(S(=O)C(C)C)ccc21. The smallest absolute Gasteiger partial charge is 0.228 e. The standard InChI is InChI=1S/C17H17NO2S2/c1-11(2)22(20)13-8-9-15-17(10-13)21-16-7-5-4-6-14(16)18(15)12(3)19/h4-11H,1-3H3. The van der Waals surface area contributed by atoms with Gasteiger partial charge in [-0.25, -0.2) is 0 Å². The summed E-state index contributed by atoms with van der Waals surface area (Å²) in [7, 11) is -1.03. The van der Waals surface area contributed by atoms with E-state index in [0.717, 1.165) is 26.1 Å². The summed E-state index contributed by atoms with van der Waals surface area (Å²) in [6.45, 7) is 5.45. The summed E-state index contributed by atoms with van der Waals surface area (Å²) >= 11 is 1.62. The summed E-state index contributed by atoms with van der Waals surface area (Å²) in [5.41, 5.74) is 1.77. The number of nitrogens with zero attached hydrogens (tertiary/aromatic N) is 1. The fourth-order valence-corrected chi connectivity index (χ4v) is 4.63. The van der Waals surface area contributed by atoms with E-state index in [4.69, 9.17) is 0 Å². The summed E-state index contributed by atoms with van der Waals surface area (Å²) in [5, 5.41) is 0.0721. The van der Waals surface area contributed by atoms with Crippen molar-refractivity contribution in [3.05, 3.63) is 42.5 Å². The van der Waals surface area contributed by atoms with E-state index < -0.39 is 10.8 Å². The van der Waals surface area contributed by atoms with Gasteiger partial charge in [0, 0.05) is 26.9 Å². The number of benzene rings is 2. The zero-order valence-corrected chi connectivity index (χ0v) is 14.3. The van der Waals surface area contributed by atoms with Crippen LogP contribution < -0.4 is 4.90 Å². The second-order valence-corrected chi connectivity index (χ2v) is 8.49. The third-order valence-corrected chi connectivity index (χ3v) is 6.16. The molecule has 0 radical (unpaired) electrons. The minimum Gasteiger partial charge on any atom is -0.279 e. The quantitative estimate of drug-likeness (QED) is 0.821. The average Bonchev–Trinajstić information content (AvgIpc) is 2.50. The van der Waals surface area contributed by atoms with E-state index in [9.17, 15) is 9.00 Å². The minimum absolute atomic E-state index is 0.0215. The van der Waals surface area contributed by atoms with Crippen LogP contribution in [0.25, 0.3) is 0 Å². The molecule has 1 heterocycles. The van der Waals surface area contributed by atoms with E-state index >= 15 is 0 Å². The van der Waals surface area contributed by atoms with Gasteiger partial charge in [-0.05, 0) is 30.3 Å². The third-order valence-electron chi connectivity index (χ3n) is 3.47. The van der Waals surface area contributed by atoms with E-state index in [1.54, 1.807) is 23.6 Å². The highest BCUT2D eigenvalue weighted by Gasteiger charge is 2.26. The normalized spacial score (nSPS) is 14.5. The van der Waals surface area contributed by atoms with Gasteiger partial charge in [-0.15, -0.1) is 0 Å². The summed E-state index contributed by atoms with van der Waals surface area (Å²) in [6.07, 6.45) is 0. The molecule has 3 rings (SSSR count). The number of carbonyl (C=O) groups excluding carboxylic acids is 1. The molecule has 0 saturated heterocycles. The Morgan fingerprint density at radius 1 is 1.09 bits per heavy atom. The molecule has 1 amide bonds.